The van der Waals surface area contributed by atoms with Crippen LogP contribution in [0.3, 0.4) is 0 Å². The minimum absolute atomic E-state index is 0.648. The van der Waals surface area contributed by atoms with E-state index in [0.29, 0.717) is 5.69 Å². The Morgan fingerprint density at radius 1 is 1.30 bits per heavy atom. The highest BCUT2D eigenvalue weighted by Crippen LogP contribution is 2.23. The highest BCUT2D eigenvalue weighted by Gasteiger charge is 2.28. The summed E-state index contributed by atoms with van der Waals surface area (Å²) in [4.78, 5) is 16.0. The van der Waals surface area contributed by atoms with E-state index in [1.807, 2.05) is 29.8 Å². The molecule has 2 rings (SSSR count). The van der Waals surface area contributed by atoms with Gasteiger partial charge in [0.1, 0.15) is 12.6 Å². The first kappa shape index (κ1) is 17.3. The maximum atomic E-state index is 12.1. The second-order valence-electron chi connectivity index (χ2n) is 5.03. The van der Waals surface area contributed by atoms with Crippen LogP contribution in [0.25, 0.3) is 11.3 Å². The van der Waals surface area contributed by atoms with Crippen molar-refractivity contribution in [3.8, 4) is 11.3 Å². The Balaban J connectivity index is 1.94. The molecule has 0 aliphatic heterocycles. The number of benzene rings is 1. The zero-order valence-electron chi connectivity index (χ0n) is 12.6. The highest BCUT2D eigenvalue weighted by atomic mass is 32.1. The average molecular weight is 343 g/mol. The molecule has 1 unspecified atom stereocenters. The van der Waals surface area contributed by atoms with Crippen molar-refractivity contribution < 1.29 is 18.0 Å². The van der Waals surface area contributed by atoms with Crippen LogP contribution in [-0.2, 0) is 4.79 Å². The largest absolute Gasteiger partial charge is 0.405 e. The smallest absolute Gasteiger partial charge is 0.374 e. The van der Waals surface area contributed by atoms with Crippen molar-refractivity contribution in [1.29, 1.82) is 0 Å². The summed E-state index contributed by atoms with van der Waals surface area (Å²) in [6.45, 7) is 2.09. The van der Waals surface area contributed by atoms with Crippen molar-refractivity contribution in [1.82, 2.24) is 10.3 Å². The Morgan fingerprint density at radius 2 is 1.96 bits per heavy atom. The van der Waals surface area contributed by atoms with Gasteiger partial charge >= 0.3 is 6.18 Å². The van der Waals surface area contributed by atoms with Crippen molar-refractivity contribution >= 4 is 22.9 Å². The van der Waals surface area contributed by atoms with Crippen LogP contribution >= 0.6 is 11.3 Å². The molecule has 0 saturated carbocycles. The van der Waals surface area contributed by atoms with E-state index in [2.05, 4.69) is 10.3 Å². The monoisotopic (exact) mass is 343 g/mol. The van der Waals surface area contributed by atoms with Gasteiger partial charge in [-0.3, -0.25) is 4.79 Å². The fraction of sp³-hybridized carbons (Fsp3) is 0.333. The number of alkyl halides is 3. The second kappa shape index (κ2) is 6.99. The number of anilines is 1. The zero-order chi connectivity index (χ0) is 17.0. The van der Waals surface area contributed by atoms with Gasteiger partial charge in [-0.05, 0) is 26.0 Å². The van der Waals surface area contributed by atoms with Gasteiger partial charge in [0.25, 0.3) is 0 Å². The molecule has 1 heterocycles. The topological polar surface area (TPSA) is 54.0 Å². The molecule has 1 atom stereocenters. The number of rotatable bonds is 5. The molecule has 2 aromatic rings. The molecule has 4 nitrogen and oxygen atoms in total. The number of aryl methyl sites for hydroxylation is 1. The fourth-order valence-electron chi connectivity index (χ4n) is 1.89. The molecule has 0 spiro atoms. The Morgan fingerprint density at radius 3 is 2.48 bits per heavy atom. The molecule has 0 bridgehead atoms. The summed E-state index contributed by atoms with van der Waals surface area (Å²) in [5.74, 6) is -0.707. The molecule has 0 aliphatic rings. The van der Waals surface area contributed by atoms with Gasteiger partial charge in [0, 0.05) is 16.6 Å². The number of hydrogen-bond acceptors (Lipinski definition) is 4. The van der Waals surface area contributed by atoms with E-state index in [-0.39, 0.29) is 0 Å². The Labute approximate surface area is 135 Å². The minimum Gasteiger partial charge on any atom is -0.374 e. The van der Waals surface area contributed by atoms with Gasteiger partial charge in [-0.2, -0.15) is 13.2 Å². The van der Waals surface area contributed by atoms with Crippen LogP contribution in [0.5, 0.6) is 0 Å². The van der Waals surface area contributed by atoms with Gasteiger partial charge < -0.3 is 10.6 Å². The molecule has 0 aliphatic carbocycles. The molecule has 0 saturated heterocycles. The Hall–Kier alpha value is -2.09. The molecule has 1 aromatic heterocycles. The van der Waals surface area contributed by atoms with Gasteiger partial charge in [-0.25, -0.2) is 4.98 Å². The Bertz CT molecular complexity index is 667. The summed E-state index contributed by atoms with van der Waals surface area (Å²) < 4.78 is 36.2. The maximum Gasteiger partial charge on any atom is 0.405 e. The fourth-order valence-corrected chi connectivity index (χ4v) is 2.51. The number of nitrogens with one attached hydrogen (secondary N) is 2. The first-order valence-corrected chi connectivity index (χ1v) is 7.76. The number of carbonyl (C=O) groups is 1. The lowest BCUT2D eigenvalue weighted by atomic mass is 10.1. The molecule has 23 heavy (non-hydrogen) atoms. The number of nitrogens with zero attached hydrogens (tertiary/aromatic N) is 1. The number of halogens is 3. The molecule has 0 radical (unpaired) electrons. The maximum absolute atomic E-state index is 12.1. The van der Waals surface area contributed by atoms with Crippen molar-refractivity contribution in [2.75, 3.05) is 11.9 Å². The summed E-state index contributed by atoms with van der Waals surface area (Å²) >= 11 is 1.55. The highest BCUT2D eigenvalue weighted by molar-refractivity contribution is 7.09. The summed E-state index contributed by atoms with van der Waals surface area (Å²) in [6, 6.07) is 6.44. The number of thiazole rings is 1. The van der Waals surface area contributed by atoms with Crippen LogP contribution in [-0.4, -0.2) is 29.7 Å². The van der Waals surface area contributed by atoms with E-state index >= 15 is 0 Å². The van der Waals surface area contributed by atoms with Gasteiger partial charge in [-0.1, -0.05) is 12.1 Å². The lowest BCUT2D eigenvalue weighted by molar-refractivity contribution is -0.138. The predicted molar refractivity (Wildman–Crippen MR) is 84.4 cm³/mol. The van der Waals surface area contributed by atoms with E-state index in [9.17, 15) is 18.0 Å². The molecule has 124 valence electrons. The first-order chi connectivity index (χ1) is 10.7. The van der Waals surface area contributed by atoms with Crippen LogP contribution in [0.1, 0.15) is 11.9 Å². The van der Waals surface area contributed by atoms with Crippen molar-refractivity contribution in [3.63, 3.8) is 0 Å². The van der Waals surface area contributed by atoms with Crippen molar-refractivity contribution in [2.24, 2.45) is 0 Å². The third kappa shape index (κ3) is 5.24. The van der Waals surface area contributed by atoms with Gasteiger partial charge in [0.15, 0.2) is 0 Å². The van der Waals surface area contributed by atoms with Crippen molar-refractivity contribution in [2.45, 2.75) is 26.1 Å². The summed E-state index contributed by atoms with van der Waals surface area (Å²) in [5.41, 5.74) is 2.46. The number of hydrogen-bond donors (Lipinski definition) is 2. The van der Waals surface area contributed by atoms with Crippen molar-refractivity contribution in [3.05, 3.63) is 34.7 Å². The van der Waals surface area contributed by atoms with E-state index in [0.717, 1.165) is 16.3 Å². The molecular formula is C15H16F3N3OS. The zero-order valence-corrected chi connectivity index (χ0v) is 13.4. The van der Waals surface area contributed by atoms with Gasteiger partial charge in [0.2, 0.25) is 5.91 Å². The third-order valence-corrected chi connectivity index (χ3v) is 3.81. The summed E-state index contributed by atoms with van der Waals surface area (Å²) in [5, 5.41) is 7.63. The number of aromatic nitrogens is 1. The number of amides is 1. The van der Waals surface area contributed by atoms with Crippen LogP contribution in [0.2, 0.25) is 0 Å². The average Bonchev–Trinajstić information content (AvgIpc) is 2.91. The standard InChI is InChI=1S/C15H16F3N3OS/c1-9(14(22)19-8-15(16,17)18)20-12-5-3-11(4-6-12)13-7-23-10(2)21-13/h3-7,9,20H,8H2,1-2H3,(H,19,22). The number of carbonyl (C=O) groups excluding carboxylic acids is 1. The van der Waals surface area contributed by atoms with Gasteiger partial charge in [-0.15, -0.1) is 11.3 Å². The van der Waals surface area contributed by atoms with Crippen LogP contribution in [0, 0.1) is 6.92 Å². The van der Waals surface area contributed by atoms with Gasteiger partial charge in [0.05, 0.1) is 10.7 Å². The lowest BCUT2D eigenvalue weighted by Gasteiger charge is -2.16. The summed E-state index contributed by atoms with van der Waals surface area (Å²) in [7, 11) is 0. The van der Waals surface area contributed by atoms with E-state index in [1.54, 1.807) is 23.5 Å². The predicted octanol–water partition coefficient (Wildman–Crippen LogP) is 3.60. The summed E-state index contributed by atoms with van der Waals surface area (Å²) in [6.07, 6.45) is -4.41. The Kier molecular flexibility index (Phi) is 5.25. The minimum atomic E-state index is -4.41. The molecule has 2 N–H and O–H groups in total. The van der Waals surface area contributed by atoms with E-state index < -0.39 is 24.7 Å². The molecule has 8 heteroatoms. The second-order valence-corrected chi connectivity index (χ2v) is 6.09. The SMILES string of the molecule is Cc1nc(-c2ccc(NC(C)C(=O)NCC(F)(F)F)cc2)cs1. The van der Waals surface area contributed by atoms with E-state index in [4.69, 9.17) is 0 Å². The quantitative estimate of drug-likeness (QED) is 0.872. The normalized spacial score (nSPS) is 12.7. The van der Waals surface area contributed by atoms with Crippen LogP contribution in [0.4, 0.5) is 18.9 Å². The molecule has 0 fully saturated rings. The molecule has 1 amide bonds. The molecular weight excluding hydrogens is 327 g/mol. The van der Waals surface area contributed by atoms with Crippen LogP contribution < -0.4 is 10.6 Å². The van der Waals surface area contributed by atoms with E-state index in [1.165, 1.54) is 6.92 Å². The lowest BCUT2D eigenvalue weighted by Crippen LogP contribution is -2.42. The first-order valence-electron chi connectivity index (χ1n) is 6.88. The molecule has 1 aromatic carbocycles. The third-order valence-electron chi connectivity index (χ3n) is 3.04. The van der Waals surface area contributed by atoms with Crippen LogP contribution in [0.15, 0.2) is 29.6 Å².